The highest BCUT2D eigenvalue weighted by Gasteiger charge is 2.36. The van der Waals surface area contributed by atoms with E-state index in [-0.39, 0.29) is 17.4 Å². The molecule has 0 fully saturated rings. The molecule has 0 bridgehead atoms. The van der Waals surface area contributed by atoms with Crippen LogP contribution in [0.1, 0.15) is 44.0 Å². The van der Waals surface area contributed by atoms with Gasteiger partial charge in [0.15, 0.2) is 0 Å². The molecule has 138 valence electrons. The Morgan fingerprint density at radius 3 is 2.73 bits per heavy atom. The first-order valence-corrected chi connectivity index (χ1v) is 9.70. The maximum atomic E-state index is 12.6. The monoisotopic (exact) mass is 372 g/mol. The van der Waals surface area contributed by atoms with Crippen molar-refractivity contribution in [3.8, 4) is 0 Å². The number of nitrogens with one attached hydrogen (secondary N) is 2. The highest BCUT2D eigenvalue weighted by Crippen LogP contribution is 2.40. The topological polar surface area (TPSA) is 67.4 Å². The summed E-state index contributed by atoms with van der Waals surface area (Å²) < 4.78 is 5.23. The minimum Gasteiger partial charge on any atom is -0.465 e. The molecule has 0 aromatic heterocycles. The van der Waals surface area contributed by atoms with Gasteiger partial charge in [-0.25, -0.2) is 0 Å². The first-order chi connectivity index (χ1) is 12.4. The van der Waals surface area contributed by atoms with Crippen molar-refractivity contribution in [2.75, 3.05) is 6.61 Å². The van der Waals surface area contributed by atoms with E-state index in [9.17, 15) is 9.59 Å². The van der Waals surface area contributed by atoms with Gasteiger partial charge in [-0.2, -0.15) is 0 Å². The Bertz CT molecular complexity index is 769. The Labute approximate surface area is 158 Å². The van der Waals surface area contributed by atoms with Crippen LogP contribution in [0.15, 0.2) is 52.7 Å². The van der Waals surface area contributed by atoms with Crippen LogP contribution in [0.3, 0.4) is 0 Å². The molecule has 0 saturated heterocycles. The van der Waals surface area contributed by atoms with Crippen LogP contribution in [0.5, 0.6) is 0 Å². The maximum absolute atomic E-state index is 12.6. The minimum atomic E-state index is -0.581. The van der Waals surface area contributed by atoms with Crippen LogP contribution >= 0.6 is 11.8 Å². The predicted molar refractivity (Wildman–Crippen MR) is 103 cm³/mol. The number of ether oxygens (including phenoxy) is 1. The third-order valence-corrected chi connectivity index (χ3v) is 5.69. The normalized spacial score (nSPS) is 21.2. The molecular formula is C20H24N2O3S. The molecule has 1 aromatic rings. The van der Waals surface area contributed by atoms with Crippen molar-refractivity contribution >= 4 is 23.6 Å². The van der Waals surface area contributed by atoms with Crippen LogP contribution in [0.4, 0.5) is 0 Å². The molecule has 1 unspecified atom stereocenters. The SMILES string of the molecule is CCOC(=O)C1SC2=C(C=C1NC(=O)c1ccccc1)CCC(C)(C)N2. The molecule has 1 atom stereocenters. The molecule has 1 amide bonds. The number of carbonyl (C=O) groups is 2. The first kappa shape index (κ1) is 18.6. The van der Waals surface area contributed by atoms with Crippen LogP contribution in [0.2, 0.25) is 0 Å². The van der Waals surface area contributed by atoms with Gasteiger partial charge in [0.25, 0.3) is 5.91 Å². The predicted octanol–water partition coefficient (Wildman–Crippen LogP) is 3.35. The number of allylic oxidation sites excluding steroid dienone is 2. The van der Waals surface area contributed by atoms with Crippen molar-refractivity contribution in [1.29, 1.82) is 0 Å². The molecule has 3 rings (SSSR count). The van der Waals surface area contributed by atoms with E-state index in [2.05, 4.69) is 24.5 Å². The summed E-state index contributed by atoms with van der Waals surface area (Å²) in [7, 11) is 0. The van der Waals surface area contributed by atoms with E-state index in [0.29, 0.717) is 17.9 Å². The van der Waals surface area contributed by atoms with Crippen molar-refractivity contribution in [2.24, 2.45) is 0 Å². The number of amides is 1. The lowest BCUT2D eigenvalue weighted by Gasteiger charge is -2.38. The summed E-state index contributed by atoms with van der Waals surface area (Å²) in [5.74, 6) is -0.561. The molecule has 0 saturated carbocycles. The summed E-state index contributed by atoms with van der Waals surface area (Å²) in [6.45, 7) is 6.38. The molecule has 2 N–H and O–H groups in total. The van der Waals surface area contributed by atoms with Crippen molar-refractivity contribution < 1.29 is 14.3 Å². The van der Waals surface area contributed by atoms with E-state index in [4.69, 9.17) is 4.74 Å². The third-order valence-electron chi connectivity index (χ3n) is 4.41. The number of thioether (sulfide) groups is 1. The van der Waals surface area contributed by atoms with Gasteiger partial charge in [-0.3, -0.25) is 9.59 Å². The van der Waals surface area contributed by atoms with Crippen LogP contribution in [0.25, 0.3) is 0 Å². The van der Waals surface area contributed by atoms with Gasteiger partial charge in [-0.1, -0.05) is 30.0 Å². The van der Waals surface area contributed by atoms with Gasteiger partial charge < -0.3 is 15.4 Å². The van der Waals surface area contributed by atoms with Gasteiger partial charge in [0, 0.05) is 16.8 Å². The van der Waals surface area contributed by atoms with Gasteiger partial charge in [-0.05, 0) is 57.4 Å². The smallest absolute Gasteiger partial charge is 0.325 e. The van der Waals surface area contributed by atoms with E-state index in [1.165, 1.54) is 11.8 Å². The molecule has 26 heavy (non-hydrogen) atoms. The van der Waals surface area contributed by atoms with Crippen LogP contribution in [0, 0.1) is 0 Å². The summed E-state index contributed by atoms with van der Waals surface area (Å²) in [4.78, 5) is 25.0. The highest BCUT2D eigenvalue weighted by molar-refractivity contribution is 8.04. The van der Waals surface area contributed by atoms with Gasteiger partial charge in [0.1, 0.15) is 5.25 Å². The fraction of sp³-hybridized carbons (Fsp3) is 0.400. The van der Waals surface area contributed by atoms with Crippen LogP contribution in [-0.4, -0.2) is 29.3 Å². The zero-order chi connectivity index (χ0) is 18.7. The van der Waals surface area contributed by atoms with Gasteiger partial charge in [-0.15, -0.1) is 0 Å². The molecule has 2 heterocycles. The summed E-state index contributed by atoms with van der Waals surface area (Å²) in [6.07, 6.45) is 3.83. The fourth-order valence-electron chi connectivity index (χ4n) is 2.99. The Morgan fingerprint density at radius 2 is 2.04 bits per heavy atom. The first-order valence-electron chi connectivity index (χ1n) is 8.82. The van der Waals surface area contributed by atoms with Crippen LogP contribution in [-0.2, 0) is 9.53 Å². The molecule has 0 spiro atoms. The highest BCUT2D eigenvalue weighted by atomic mass is 32.2. The van der Waals surface area contributed by atoms with E-state index < -0.39 is 5.25 Å². The van der Waals surface area contributed by atoms with Gasteiger partial charge in [0.05, 0.1) is 11.6 Å². The molecule has 0 aliphatic carbocycles. The lowest BCUT2D eigenvalue weighted by molar-refractivity contribution is -0.141. The van der Waals surface area contributed by atoms with Gasteiger partial charge >= 0.3 is 5.97 Å². The average molecular weight is 372 g/mol. The van der Waals surface area contributed by atoms with E-state index in [0.717, 1.165) is 23.4 Å². The minimum absolute atomic E-state index is 0.0102. The summed E-state index contributed by atoms with van der Waals surface area (Å²) >= 11 is 1.42. The molecule has 6 heteroatoms. The van der Waals surface area contributed by atoms with E-state index in [1.54, 1.807) is 19.1 Å². The van der Waals surface area contributed by atoms with Crippen molar-refractivity contribution in [3.63, 3.8) is 0 Å². The number of rotatable bonds is 4. The zero-order valence-electron chi connectivity index (χ0n) is 15.3. The quantitative estimate of drug-likeness (QED) is 0.794. The lowest BCUT2D eigenvalue weighted by atomic mass is 9.91. The molecule has 5 nitrogen and oxygen atoms in total. The summed E-state index contributed by atoms with van der Waals surface area (Å²) in [6, 6.07) is 8.99. The Hall–Kier alpha value is -2.21. The summed E-state index contributed by atoms with van der Waals surface area (Å²) in [5.41, 5.74) is 2.26. The number of hydrogen-bond donors (Lipinski definition) is 2. The zero-order valence-corrected chi connectivity index (χ0v) is 16.1. The van der Waals surface area contributed by atoms with Crippen molar-refractivity contribution in [2.45, 2.75) is 44.4 Å². The number of benzene rings is 1. The Morgan fingerprint density at radius 1 is 1.31 bits per heavy atom. The molecule has 1 aromatic carbocycles. The number of hydrogen-bond acceptors (Lipinski definition) is 5. The van der Waals surface area contributed by atoms with Crippen molar-refractivity contribution in [1.82, 2.24) is 10.6 Å². The molecule has 0 radical (unpaired) electrons. The molecular weight excluding hydrogens is 348 g/mol. The number of carbonyl (C=O) groups excluding carboxylic acids is 2. The molecule has 2 aliphatic rings. The fourth-order valence-corrected chi connectivity index (χ4v) is 4.29. The standard InChI is InChI=1S/C20H24N2O3S/c1-4-25-19(24)16-15(21-17(23)13-8-6-5-7-9-13)12-14-10-11-20(2,3)22-18(14)26-16/h5-9,12,16,22H,4,10-11H2,1-3H3,(H,21,23). The second kappa shape index (κ2) is 7.58. The second-order valence-electron chi connectivity index (χ2n) is 7.03. The molecule has 2 aliphatic heterocycles. The van der Waals surface area contributed by atoms with Gasteiger partial charge in [0.2, 0.25) is 0 Å². The largest absolute Gasteiger partial charge is 0.465 e. The summed E-state index contributed by atoms with van der Waals surface area (Å²) in [5, 5.41) is 6.84. The number of esters is 1. The lowest BCUT2D eigenvalue weighted by Crippen LogP contribution is -2.44. The second-order valence-corrected chi connectivity index (χ2v) is 8.15. The van der Waals surface area contributed by atoms with Crippen molar-refractivity contribution in [3.05, 3.63) is 58.3 Å². The third kappa shape index (κ3) is 4.12. The van der Waals surface area contributed by atoms with Crippen LogP contribution < -0.4 is 10.6 Å². The van der Waals surface area contributed by atoms with E-state index in [1.807, 2.05) is 24.3 Å². The Balaban J connectivity index is 1.87. The Kier molecular flexibility index (Phi) is 5.41. The van der Waals surface area contributed by atoms with E-state index >= 15 is 0 Å². The maximum Gasteiger partial charge on any atom is 0.325 e. The average Bonchev–Trinajstić information content (AvgIpc) is 2.61.